The summed E-state index contributed by atoms with van der Waals surface area (Å²) >= 11 is 0. The van der Waals surface area contributed by atoms with E-state index in [2.05, 4.69) is 19.1 Å². The van der Waals surface area contributed by atoms with E-state index >= 15 is 0 Å². The van der Waals surface area contributed by atoms with Crippen LogP contribution in [0.5, 0.6) is 5.75 Å². The molecule has 0 radical (unpaired) electrons. The summed E-state index contributed by atoms with van der Waals surface area (Å²) in [4.78, 5) is 13.1. The number of allylic oxidation sites excluding steroid dienone is 2. The number of rotatable bonds is 7. The van der Waals surface area contributed by atoms with E-state index in [1.807, 2.05) is 38.1 Å². The molecule has 3 aliphatic rings. The Kier molecular flexibility index (Phi) is 8.35. The highest BCUT2D eigenvalue weighted by molar-refractivity contribution is 5.75. The average Bonchev–Trinajstić information content (AvgIpc) is 2.81. The first kappa shape index (κ1) is 25.9. The normalized spacial score (nSPS) is 33.4. The highest BCUT2D eigenvalue weighted by Gasteiger charge is 2.42. The predicted molar refractivity (Wildman–Crippen MR) is 134 cm³/mol. The lowest BCUT2D eigenvalue weighted by Crippen LogP contribution is -2.44. The number of carbonyl (C=O) groups is 1. The van der Waals surface area contributed by atoms with Gasteiger partial charge in [0.05, 0.1) is 18.3 Å². The van der Waals surface area contributed by atoms with E-state index in [-0.39, 0.29) is 24.0 Å². The van der Waals surface area contributed by atoms with Crippen molar-refractivity contribution in [3.63, 3.8) is 0 Å². The number of benzene rings is 1. The number of fused-ring (bicyclic) bond motifs is 1. The van der Waals surface area contributed by atoms with Gasteiger partial charge in [-0.05, 0) is 75.0 Å². The van der Waals surface area contributed by atoms with Crippen LogP contribution in [0.2, 0.25) is 0 Å². The van der Waals surface area contributed by atoms with E-state index < -0.39 is 24.3 Å². The molecule has 1 aromatic carbocycles. The molecule has 0 aromatic heterocycles. The molecule has 6 nitrogen and oxygen atoms in total. The minimum atomic E-state index is -0.756. The molecule has 2 N–H and O–H groups in total. The van der Waals surface area contributed by atoms with Gasteiger partial charge in [-0.2, -0.15) is 0 Å². The Morgan fingerprint density at radius 1 is 1.17 bits per heavy atom. The van der Waals surface area contributed by atoms with E-state index in [4.69, 9.17) is 14.2 Å². The minimum absolute atomic E-state index is 0.0169. The number of hydrogen-bond donors (Lipinski definition) is 2. The second-order valence-corrected chi connectivity index (χ2v) is 10.6. The molecule has 2 aliphatic carbocycles. The molecule has 1 fully saturated rings. The van der Waals surface area contributed by atoms with Crippen molar-refractivity contribution >= 4 is 5.97 Å². The third-order valence-corrected chi connectivity index (χ3v) is 7.84. The van der Waals surface area contributed by atoms with Crippen molar-refractivity contribution in [1.82, 2.24) is 0 Å². The summed E-state index contributed by atoms with van der Waals surface area (Å²) in [6.45, 7) is 8.45. The van der Waals surface area contributed by atoms with Gasteiger partial charge in [-0.3, -0.25) is 0 Å². The molecule has 0 amide bonds. The van der Waals surface area contributed by atoms with Crippen LogP contribution in [-0.2, 0) is 14.3 Å². The zero-order chi connectivity index (χ0) is 25.1. The van der Waals surface area contributed by atoms with Gasteiger partial charge in [0.2, 0.25) is 0 Å². The lowest BCUT2D eigenvalue weighted by molar-refractivity contribution is -0.162. The highest BCUT2D eigenvalue weighted by Crippen LogP contribution is 2.44. The fraction of sp³-hybridized carbons (Fsp3) is 0.621. The molecule has 0 saturated carbocycles. The molecule has 4 rings (SSSR count). The smallest absolute Gasteiger partial charge is 0.347 e. The number of carbonyl (C=O) groups excluding carboxylic acids is 1. The van der Waals surface area contributed by atoms with E-state index in [1.54, 1.807) is 6.92 Å². The van der Waals surface area contributed by atoms with Crippen molar-refractivity contribution in [2.45, 2.75) is 90.3 Å². The van der Waals surface area contributed by atoms with Gasteiger partial charge in [0.15, 0.2) is 6.10 Å². The maximum Gasteiger partial charge on any atom is 0.347 e. The van der Waals surface area contributed by atoms with Crippen LogP contribution in [0.3, 0.4) is 0 Å². The highest BCUT2D eigenvalue weighted by atomic mass is 16.6. The number of esters is 1. The summed E-state index contributed by atoms with van der Waals surface area (Å²) in [5, 5.41) is 20.5. The Labute approximate surface area is 209 Å². The summed E-state index contributed by atoms with van der Waals surface area (Å²) in [5.74, 6) is 0.886. The van der Waals surface area contributed by atoms with Gasteiger partial charge in [0.25, 0.3) is 0 Å². The SMILES string of the molecule is Cc1cccc(C)c1OC(C)C(=O)O[C@H]1C[C@H](O)C=C2C=C[C@H](C)[C@H](CC[C@@H]3C[C@H](O)CCO3)[C@H]21. The third kappa shape index (κ3) is 6.16. The average molecular weight is 485 g/mol. The van der Waals surface area contributed by atoms with Crippen LogP contribution in [0.15, 0.2) is 42.0 Å². The predicted octanol–water partition coefficient (Wildman–Crippen LogP) is 4.43. The Hall–Kier alpha value is -2.15. The molecule has 1 heterocycles. The Morgan fingerprint density at radius 3 is 2.63 bits per heavy atom. The molecular formula is C29H40O6. The molecule has 1 saturated heterocycles. The fourth-order valence-electron chi connectivity index (χ4n) is 5.88. The first-order valence-electron chi connectivity index (χ1n) is 13.0. The van der Waals surface area contributed by atoms with Gasteiger partial charge < -0.3 is 24.4 Å². The first-order chi connectivity index (χ1) is 16.7. The summed E-state index contributed by atoms with van der Waals surface area (Å²) in [6, 6.07) is 5.89. The number of para-hydroxylation sites is 1. The maximum atomic E-state index is 13.1. The second-order valence-electron chi connectivity index (χ2n) is 10.6. The molecule has 6 heteroatoms. The van der Waals surface area contributed by atoms with Crippen LogP contribution < -0.4 is 4.74 Å². The van der Waals surface area contributed by atoms with Gasteiger partial charge >= 0.3 is 5.97 Å². The lowest BCUT2D eigenvalue weighted by atomic mass is 9.66. The van der Waals surface area contributed by atoms with Gasteiger partial charge in [0.1, 0.15) is 11.9 Å². The quantitative estimate of drug-likeness (QED) is 0.557. The van der Waals surface area contributed by atoms with E-state index in [9.17, 15) is 15.0 Å². The lowest BCUT2D eigenvalue weighted by Gasteiger charge is -2.43. The summed E-state index contributed by atoms with van der Waals surface area (Å²) < 4.78 is 18.0. The Balaban J connectivity index is 1.46. The van der Waals surface area contributed by atoms with Crippen LogP contribution in [0.25, 0.3) is 0 Å². The van der Waals surface area contributed by atoms with Gasteiger partial charge in [-0.15, -0.1) is 0 Å². The van der Waals surface area contributed by atoms with Crippen LogP contribution in [0.1, 0.15) is 57.1 Å². The largest absolute Gasteiger partial charge is 0.478 e. The Bertz CT molecular complexity index is 932. The molecule has 1 unspecified atom stereocenters. The molecule has 1 aliphatic heterocycles. The second kappa shape index (κ2) is 11.3. The molecule has 8 atom stereocenters. The van der Waals surface area contributed by atoms with Crippen molar-refractivity contribution in [3.05, 3.63) is 53.1 Å². The summed E-state index contributed by atoms with van der Waals surface area (Å²) in [5.41, 5.74) is 2.99. The number of hydrogen-bond acceptors (Lipinski definition) is 6. The standard InChI is InChI=1S/C29H40O6/c1-17-8-9-21-14-23(31)16-26(27(21)25(17)11-10-24-15-22(30)12-13-33-24)35-29(32)20(4)34-28-18(2)6-5-7-19(28)3/h5-9,14,17,20,22-27,30-31H,10-13,15-16H2,1-4H3/t17-,20?,22+,23+,24+,25-,26-,27-/m0/s1. The van der Waals surface area contributed by atoms with Crippen LogP contribution in [0.4, 0.5) is 0 Å². The number of aliphatic hydroxyl groups is 2. The number of aryl methyl sites for hydroxylation is 2. The van der Waals surface area contributed by atoms with Gasteiger partial charge in [-0.25, -0.2) is 4.79 Å². The van der Waals surface area contributed by atoms with Crippen LogP contribution in [0, 0.1) is 31.6 Å². The third-order valence-electron chi connectivity index (χ3n) is 7.84. The van der Waals surface area contributed by atoms with Crippen molar-refractivity contribution in [1.29, 1.82) is 0 Å². The molecule has 35 heavy (non-hydrogen) atoms. The van der Waals surface area contributed by atoms with E-state index in [1.165, 1.54) is 0 Å². The van der Waals surface area contributed by atoms with E-state index in [0.29, 0.717) is 37.5 Å². The van der Waals surface area contributed by atoms with Crippen molar-refractivity contribution in [2.75, 3.05) is 6.61 Å². The molecule has 0 bridgehead atoms. The molecule has 0 spiro atoms. The maximum absolute atomic E-state index is 13.1. The van der Waals surface area contributed by atoms with Crippen LogP contribution >= 0.6 is 0 Å². The number of ether oxygens (including phenoxy) is 3. The van der Waals surface area contributed by atoms with Crippen molar-refractivity contribution in [2.24, 2.45) is 17.8 Å². The zero-order valence-corrected chi connectivity index (χ0v) is 21.4. The van der Waals surface area contributed by atoms with Gasteiger partial charge in [-0.1, -0.05) is 43.4 Å². The van der Waals surface area contributed by atoms with Crippen LogP contribution in [-0.4, -0.2) is 53.3 Å². The minimum Gasteiger partial charge on any atom is -0.478 e. The molecular weight excluding hydrogens is 444 g/mol. The fourth-order valence-corrected chi connectivity index (χ4v) is 5.88. The monoisotopic (exact) mass is 484 g/mol. The topological polar surface area (TPSA) is 85.2 Å². The molecule has 1 aromatic rings. The first-order valence-corrected chi connectivity index (χ1v) is 13.0. The number of aliphatic hydroxyl groups excluding tert-OH is 2. The van der Waals surface area contributed by atoms with Crippen molar-refractivity contribution in [3.8, 4) is 5.75 Å². The van der Waals surface area contributed by atoms with E-state index in [0.717, 1.165) is 29.5 Å². The summed E-state index contributed by atoms with van der Waals surface area (Å²) in [6.07, 6.45) is 7.64. The van der Waals surface area contributed by atoms with Crippen molar-refractivity contribution < 1.29 is 29.2 Å². The molecule has 192 valence electrons. The Morgan fingerprint density at radius 2 is 1.91 bits per heavy atom. The zero-order valence-electron chi connectivity index (χ0n) is 21.4. The van der Waals surface area contributed by atoms with Gasteiger partial charge in [0, 0.05) is 18.9 Å². The summed E-state index contributed by atoms with van der Waals surface area (Å²) in [7, 11) is 0.